The molecule has 4 nitrogen and oxygen atoms in total. The van der Waals surface area contributed by atoms with Crippen molar-refractivity contribution in [3.8, 4) is 5.69 Å². The first-order valence-electron chi connectivity index (χ1n) is 8.02. The molecule has 0 N–H and O–H groups in total. The third-order valence-corrected chi connectivity index (χ3v) is 4.58. The SMILES string of the molecule is Cc1nn(-c2ccc(F)cc2)c2nc3c(cc12)C(=O)CC(C)(C)C3. The Balaban J connectivity index is 1.95. The molecule has 2 heterocycles. The average molecular weight is 323 g/mol. The van der Waals surface area contributed by atoms with E-state index in [-0.39, 0.29) is 17.0 Å². The molecule has 0 atom stereocenters. The Bertz CT molecular complexity index is 970. The van der Waals surface area contributed by atoms with E-state index >= 15 is 0 Å². The van der Waals surface area contributed by atoms with Gasteiger partial charge in [-0.05, 0) is 49.1 Å². The number of ketones is 1. The van der Waals surface area contributed by atoms with Gasteiger partial charge in [-0.25, -0.2) is 14.1 Å². The van der Waals surface area contributed by atoms with Gasteiger partial charge in [-0.3, -0.25) is 4.79 Å². The molecule has 5 heteroatoms. The molecular weight excluding hydrogens is 305 g/mol. The van der Waals surface area contributed by atoms with Gasteiger partial charge in [-0.2, -0.15) is 5.10 Å². The van der Waals surface area contributed by atoms with Crippen molar-refractivity contribution in [2.45, 2.75) is 33.6 Å². The third-order valence-electron chi connectivity index (χ3n) is 4.58. The molecule has 1 aromatic carbocycles. The first kappa shape index (κ1) is 15.0. The maximum atomic E-state index is 13.2. The number of hydrogen-bond donors (Lipinski definition) is 0. The number of Topliss-reactive ketones (excluding diaryl/α,β-unsaturated/α-hetero) is 1. The van der Waals surface area contributed by atoms with Crippen LogP contribution in [0.25, 0.3) is 16.7 Å². The van der Waals surface area contributed by atoms with Crippen LogP contribution in [0.2, 0.25) is 0 Å². The highest BCUT2D eigenvalue weighted by Gasteiger charge is 2.32. The Morgan fingerprint density at radius 3 is 2.58 bits per heavy atom. The summed E-state index contributed by atoms with van der Waals surface area (Å²) in [4.78, 5) is 17.2. The van der Waals surface area contributed by atoms with E-state index in [1.54, 1.807) is 16.8 Å². The van der Waals surface area contributed by atoms with Gasteiger partial charge in [0.1, 0.15) is 5.82 Å². The number of rotatable bonds is 1. The molecule has 3 aromatic rings. The molecule has 4 rings (SSSR count). The number of aromatic nitrogens is 3. The van der Waals surface area contributed by atoms with Crippen molar-refractivity contribution in [1.29, 1.82) is 0 Å². The number of aryl methyl sites for hydroxylation is 1. The van der Waals surface area contributed by atoms with Crippen molar-refractivity contribution < 1.29 is 9.18 Å². The lowest BCUT2D eigenvalue weighted by Gasteiger charge is -2.29. The summed E-state index contributed by atoms with van der Waals surface area (Å²) in [6.45, 7) is 6.07. The first-order valence-corrected chi connectivity index (χ1v) is 8.02. The Morgan fingerprint density at radius 2 is 1.88 bits per heavy atom. The van der Waals surface area contributed by atoms with Crippen LogP contribution < -0.4 is 0 Å². The zero-order chi connectivity index (χ0) is 17.1. The highest BCUT2D eigenvalue weighted by atomic mass is 19.1. The topological polar surface area (TPSA) is 47.8 Å². The van der Waals surface area contributed by atoms with Crippen molar-refractivity contribution >= 4 is 16.8 Å². The lowest BCUT2D eigenvalue weighted by molar-refractivity contribution is 0.0910. The summed E-state index contributed by atoms with van der Waals surface area (Å²) in [6, 6.07) is 8.08. The van der Waals surface area contributed by atoms with Crippen LogP contribution in [0.15, 0.2) is 30.3 Å². The van der Waals surface area contributed by atoms with Crippen molar-refractivity contribution in [2.75, 3.05) is 0 Å². The second-order valence-corrected chi connectivity index (χ2v) is 7.27. The van der Waals surface area contributed by atoms with Gasteiger partial charge in [0.2, 0.25) is 0 Å². The van der Waals surface area contributed by atoms with Crippen LogP contribution in [0, 0.1) is 18.2 Å². The number of hydrogen-bond acceptors (Lipinski definition) is 3. The van der Waals surface area contributed by atoms with Gasteiger partial charge in [0.05, 0.1) is 17.1 Å². The number of halogens is 1. The van der Waals surface area contributed by atoms with Crippen LogP contribution >= 0.6 is 0 Å². The maximum absolute atomic E-state index is 13.2. The smallest absolute Gasteiger partial charge is 0.165 e. The van der Waals surface area contributed by atoms with Crippen LogP contribution in [-0.4, -0.2) is 20.5 Å². The van der Waals surface area contributed by atoms with Gasteiger partial charge in [0.15, 0.2) is 11.4 Å². The predicted molar refractivity (Wildman–Crippen MR) is 90.0 cm³/mol. The number of carbonyl (C=O) groups excluding carboxylic acids is 1. The molecule has 0 radical (unpaired) electrons. The quantitative estimate of drug-likeness (QED) is 0.679. The van der Waals surface area contributed by atoms with E-state index in [1.807, 2.05) is 13.0 Å². The summed E-state index contributed by atoms with van der Waals surface area (Å²) in [6.07, 6.45) is 1.30. The first-order chi connectivity index (χ1) is 11.3. The normalized spacial score (nSPS) is 16.4. The fourth-order valence-corrected chi connectivity index (χ4v) is 3.40. The Labute approximate surface area is 139 Å². The number of pyridine rings is 1. The van der Waals surface area contributed by atoms with Gasteiger partial charge >= 0.3 is 0 Å². The average Bonchev–Trinajstić information content (AvgIpc) is 2.82. The fourth-order valence-electron chi connectivity index (χ4n) is 3.40. The Morgan fingerprint density at radius 1 is 1.17 bits per heavy atom. The van der Waals surface area contributed by atoms with E-state index in [1.165, 1.54) is 12.1 Å². The van der Waals surface area contributed by atoms with Gasteiger partial charge in [-0.15, -0.1) is 0 Å². The zero-order valence-corrected chi connectivity index (χ0v) is 13.9. The minimum absolute atomic E-state index is 0.0828. The van der Waals surface area contributed by atoms with E-state index in [0.717, 1.165) is 28.9 Å². The Kier molecular flexibility index (Phi) is 3.10. The van der Waals surface area contributed by atoms with Crippen LogP contribution in [0.4, 0.5) is 4.39 Å². The number of nitrogens with zero attached hydrogens (tertiary/aromatic N) is 3. The van der Waals surface area contributed by atoms with Gasteiger partial charge in [0, 0.05) is 17.4 Å². The van der Waals surface area contributed by atoms with E-state index in [4.69, 9.17) is 4.98 Å². The summed E-state index contributed by atoms with van der Waals surface area (Å²) >= 11 is 0. The second kappa shape index (κ2) is 4.97. The molecule has 0 bridgehead atoms. The number of carbonyl (C=O) groups is 1. The maximum Gasteiger partial charge on any atom is 0.165 e. The molecular formula is C19H18FN3O. The highest BCUT2D eigenvalue weighted by molar-refractivity contribution is 6.01. The predicted octanol–water partition coefficient (Wildman–Crippen LogP) is 4.02. The van der Waals surface area contributed by atoms with E-state index in [2.05, 4.69) is 18.9 Å². The second-order valence-electron chi connectivity index (χ2n) is 7.27. The van der Waals surface area contributed by atoms with Gasteiger partial charge in [0.25, 0.3) is 0 Å². The molecule has 0 aliphatic heterocycles. The molecule has 122 valence electrons. The monoisotopic (exact) mass is 323 g/mol. The van der Waals surface area contributed by atoms with E-state index in [9.17, 15) is 9.18 Å². The molecule has 0 saturated carbocycles. The van der Waals surface area contributed by atoms with Crippen molar-refractivity contribution in [1.82, 2.24) is 14.8 Å². The molecule has 24 heavy (non-hydrogen) atoms. The standard InChI is InChI=1S/C19H18FN3O/c1-11-14-8-15-16(9-19(2,3)10-17(15)24)21-18(14)23(22-11)13-6-4-12(20)5-7-13/h4-8H,9-10H2,1-3H3. The van der Waals surface area contributed by atoms with Crippen molar-refractivity contribution in [2.24, 2.45) is 5.41 Å². The van der Waals surface area contributed by atoms with Crippen molar-refractivity contribution in [3.05, 3.63) is 53.1 Å². The minimum Gasteiger partial charge on any atom is -0.294 e. The lowest BCUT2D eigenvalue weighted by atomic mass is 9.75. The molecule has 1 aliphatic rings. The van der Waals surface area contributed by atoms with Crippen LogP contribution in [0.5, 0.6) is 0 Å². The minimum atomic E-state index is -0.287. The largest absolute Gasteiger partial charge is 0.294 e. The van der Waals surface area contributed by atoms with E-state index < -0.39 is 0 Å². The molecule has 0 fully saturated rings. The molecule has 0 saturated heterocycles. The molecule has 2 aromatic heterocycles. The van der Waals surface area contributed by atoms with Crippen molar-refractivity contribution in [3.63, 3.8) is 0 Å². The summed E-state index contributed by atoms with van der Waals surface area (Å²) in [5, 5.41) is 5.41. The van der Waals surface area contributed by atoms with Crippen LogP contribution in [0.3, 0.4) is 0 Å². The Hall–Kier alpha value is -2.56. The summed E-state index contributed by atoms with van der Waals surface area (Å²) in [5.41, 5.74) is 3.73. The van der Waals surface area contributed by atoms with Crippen LogP contribution in [0.1, 0.15) is 42.0 Å². The fraction of sp³-hybridized carbons (Fsp3) is 0.316. The van der Waals surface area contributed by atoms with Gasteiger partial charge in [-0.1, -0.05) is 13.8 Å². The highest BCUT2D eigenvalue weighted by Crippen LogP contribution is 2.35. The summed E-state index contributed by atoms with van der Waals surface area (Å²) in [7, 11) is 0. The zero-order valence-electron chi connectivity index (χ0n) is 13.9. The lowest BCUT2D eigenvalue weighted by Crippen LogP contribution is -2.27. The van der Waals surface area contributed by atoms with Crippen LogP contribution in [-0.2, 0) is 6.42 Å². The molecule has 0 amide bonds. The molecule has 1 aliphatic carbocycles. The number of fused-ring (bicyclic) bond motifs is 2. The molecule has 0 unspecified atom stereocenters. The third kappa shape index (κ3) is 2.31. The summed E-state index contributed by atoms with van der Waals surface area (Å²) < 4.78 is 14.9. The summed E-state index contributed by atoms with van der Waals surface area (Å²) in [5.74, 6) is -0.144. The number of benzene rings is 1. The van der Waals surface area contributed by atoms with E-state index in [0.29, 0.717) is 17.6 Å². The molecule has 0 spiro atoms. The van der Waals surface area contributed by atoms with Gasteiger partial charge < -0.3 is 0 Å².